The third-order valence-electron chi connectivity index (χ3n) is 3.42. The van der Waals surface area contributed by atoms with E-state index in [1.54, 1.807) is 17.0 Å². The lowest BCUT2D eigenvalue weighted by Gasteiger charge is -2.20. The molecule has 0 aromatic heterocycles. The summed E-state index contributed by atoms with van der Waals surface area (Å²) in [6, 6.07) is 11.1. The second-order valence-corrected chi connectivity index (χ2v) is 4.94. The molecule has 1 N–H and O–H groups in total. The van der Waals surface area contributed by atoms with Gasteiger partial charge in [0.2, 0.25) is 11.8 Å². The first-order chi connectivity index (χ1) is 9.61. The number of rotatable bonds is 3. The predicted octanol–water partition coefficient (Wildman–Crippen LogP) is 1.03. The summed E-state index contributed by atoms with van der Waals surface area (Å²) in [5.41, 5.74) is 0.711. The van der Waals surface area contributed by atoms with Crippen LogP contribution >= 0.6 is 0 Å². The van der Waals surface area contributed by atoms with E-state index in [1.165, 1.54) is 6.92 Å². The highest BCUT2D eigenvalue weighted by Crippen LogP contribution is 2.20. The van der Waals surface area contributed by atoms with E-state index in [0.717, 1.165) is 6.42 Å². The van der Waals surface area contributed by atoms with Crippen LogP contribution in [0, 0.1) is 11.3 Å². The molecule has 2 rings (SSSR count). The summed E-state index contributed by atoms with van der Waals surface area (Å²) in [4.78, 5) is 25.1. The molecule has 1 aliphatic heterocycles. The molecule has 0 radical (unpaired) electrons. The Morgan fingerprint density at radius 2 is 2.10 bits per heavy atom. The standard InChI is InChI=1S/C15H17N3O2/c1-11(19)17-13-7-8-18(10-13)15(20)14(9-16)12-5-3-2-4-6-12/h2-6,13-14H,7-8,10H2,1H3,(H,17,19). The van der Waals surface area contributed by atoms with Gasteiger partial charge in [0.05, 0.1) is 6.07 Å². The van der Waals surface area contributed by atoms with E-state index in [2.05, 4.69) is 11.4 Å². The summed E-state index contributed by atoms with van der Waals surface area (Å²) >= 11 is 0. The molecule has 5 heteroatoms. The number of carbonyl (C=O) groups is 2. The van der Waals surface area contributed by atoms with Crippen molar-refractivity contribution in [2.75, 3.05) is 13.1 Å². The highest BCUT2D eigenvalue weighted by molar-refractivity contribution is 5.87. The molecule has 1 aliphatic rings. The fraction of sp³-hybridized carbons (Fsp3) is 0.400. The summed E-state index contributed by atoms with van der Waals surface area (Å²) in [5, 5.41) is 12.1. The minimum atomic E-state index is -0.771. The average Bonchev–Trinajstić information content (AvgIpc) is 2.88. The molecule has 2 atom stereocenters. The summed E-state index contributed by atoms with van der Waals surface area (Å²) in [7, 11) is 0. The van der Waals surface area contributed by atoms with E-state index < -0.39 is 5.92 Å². The van der Waals surface area contributed by atoms with Gasteiger partial charge in [-0.3, -0.25) is 9.59 Å². The van der Waals surface area contributed by atoms with Crippen molar-refractivity contribution in [2.45, 2.75) is 25.3 Å². The summed E-state index contributed by atoms with van der Waals surface area (Å²) in [6.45, 7) is 2.52. The normalized spacial score (nSPS) is 19.2. The fourth-order valence-corrected chi connectivity index (χ4v) is 2.47. The molecule has 104 valence electrons. The van der Waals surface area contributed by atoms with Gasteiger partial charge in [-0.15, -0.1) is 0 Å². The van der Waals surface area contributed by atoms with Crippen molar-refractivity contribution in [1.29, 1.82) is 5.26 Å². The lowest BCUT2D eigenvalue weighted by atomic mass is 9.99. The minimum Gasteiger partial charge on any atom is -0.352 e. The smallest absolute Gasteiger partial charge is 0.244 e. The Morgan fingerprint density at radius 3 is 2.70 bits per heavy atom. The van der Waals surface area contributed by atoms with E-state index in [9.17, 15) is 14.9 Å². The minimum absolute atomic E-state index is 0.00781. The monoisotopic (exact) mass is 271 g/mol. The lowest BCUT2D eigenvalue weighted by Crippen LogP contribution is -2.38. The predicted molar refractivity (Wildman–Crippen MR) is 73.6 cm³/mol. The van der Waals surface area contributed by atoms with Crippen LogP contribution in [0.15, 0.2) is 30.3 Å². The second-order valence-electron chi connectivity index (χ2n) is 4.94. The third kappa shape index (κ3) is 3.15. The molecule has 2 unspecified atom stereocenters. The molecule has 0 spiro atoms. The molecular weight excluding hydrogens is 254 g/mol. The molecule has 0 saturated carbocycles. The lowest BCUT2D eigenvalue weighted by molar-refractivity contribution is -0.130. The molecule has 1 fully saturated rings. The highest BCUT2D eigenvalue weighted by atomic mass is 16.2. The highest BCUT2D eigenvalue weighted by Gasteiger charge is 2.31. The first-order valence-corrected chi connectivity index (χ1v) is 6.62. The topological polar surface area (TPSA) is 73.2 Å². The quantitative estimate of drug-likeness (QED) is 0.892. The van der Waals surface area contributed by atoms with Crippen LogP contribution in [0.3, 0.4) is 0 Å². The van der Waals surface area contributed by atoms with Crippen molar-refractivity contribution in [3.8, 4) is 6.07 Å². The molecule has 0 bridgehead atoms. The number of likely N-dealkylation sites (tertiary alicyclic amines) is 1. The maximum Gasteiger partial charge on any atom is 0.244 e. The van der Waals surface area contributed by atoms with Crippen molar-refractivity contribution >= 4 is 11.8 Å². The van der Waals surface area contributed by atoms with Gasteiger partial charge >= 0.3 is 0 Å². The number of carbonyl (C=O) groups excluding carboxylic acids is 2. The van der Waals surface area contributed by atoms with Gasteiger partial charge in [-0.2, -0.15) is 5.26 Å². The van der Waals surface area contributed by atoms with Gasteiger partial charge in [-0.25, -0.2) is 0 Å². The largest absolute Gasteiger partial charge is 0.352 e. The molecule has 20 heavy (non-hydrogen) atoms. The molecule has 1 saturated heterocycles. The van der Waals surface area contributed by atoms with Crippen molar-refractivity contribution in [3.63, 3.8) is 0 Å². The van der Waals surface area contributed by atoms with Gasteiger partial charge in [0.1, 0.15) is 5.92 Å². The fourth-order valence-electron chi connectivity index (χ4n) is 2.47. The molecule has 1 heterocycles. The van der Waals surface area contributed by atoms with Crippen molar-refractivity contribution in [1.82, 2.24) is 10.2 Å². The Labute approximate surface area is 118 Å². The number of amides is 2. The Morgan fingerprint density at radius 1 is 1.40 bits per heavy atom. The zero-order chi connectivity index (χ0) is 14.5. The van der Waals surface area contributed by atoms with Crippen LogP contribution in [0.1, 0.15) is 24.8 Å². The Hall–Kier alpha value is -2.35. The van der Waals surface area contributed by atoms with Crippen LogP contribution in [0.2, 0.25) is 0 Å². The first-order valence-electron chi connectivity index (χ1n) is 6.62. The van der Waals surface area contributed by atoms with Crippen LogP contribution in [0.25, 0.3) is 0 Å². The van der Waals surface area contributed by atoms with Crippen LogP contribution < -0.4 is 5.32 Å². The maximum absolute atomic E-state index is 12.4. The van der Waals surface area contributed by atoms with Gasteiger partial charge in [0.25, 0.3) is 0 Å². The van der Waals surface area contributed by atoms with E-state index in [1.807, 2.05) is 18.2 Å². The molecule has 0 aliphatic carbocycles. The Kier molecular flexibility index (Phi) is 4.36. The molecule has 1 aromatic carbocycles. The van der Waals surface area contributed by atoms with Gasteiger partial charge in [-0.05, 0) is 12.0 Å². The molecule has 1 aromatic rings. The van der Waals surface area contributed by atoms with Crippen LogP contribution in [0.5, 0.6) is 0 Å². The summed E-state index contributed by atoms with van der Waals surface area (Å²) in [5.74, 6) is -1.05. The van der Waals surface area contributed by atoms with Gasteiger partial charge in [0.15, 0.2) is 0 Å². The van der Waals surface area contributed by atoms with Crippen LogP contribution in [-0.4, -0.2) is 35.8 Å². The van der Waals surface area contributed by atoms with E-state index in [-0.39, 0.29) is 17.9 Å². The maximum atomic E-state index is 12.4. The molecule has 5 nitrogen and oxygen atoms in total. The Balaban J connectivity index is 2.04. The number of nitriles is 1. The Bertz CT molecular complexity index is 536. The van der Waals surface area contributed by atoms with Crippen molar-refractivity contribution < 1.29 is 9.59 Å². The average molecular weight is 271 g/mol. The molecule has 2 amide bonds. The SMILES string of the molecule is CC(=O)NC1CCN(C(=O)C(C#N)c2ccccc2)C1. The zero-order valence-corrected chi connectivity index (χ0v) is 11.4. The first kappa shape index (κ1) is 14.1. The number of hydrogen-bond donors (Lipinski definition) is 1. The number of benzene rings is 1. The van der Waals surface area contributed by atoms with Crippen molar-refractivity contribution in [3.05, 3.63) is 35.9 Å². The van der Waals surface area contributed by atoms with E-state index in [0.29, 0.717) is 18.7 Å². The van der Waals surface area contributed by atoms with Gasteiger partial charge in [-0.1, -0.05) is 30.3 Å². The van der Waals surface area contributed by atoms with Crippen LogP contribution in [0.4, 0.5) is 0 Å². The van der Waals surface area contributed by atoms with Crippen molar-refractivity contribution in [2.24, 2.45) is 0 Å². The van der Waals surface area contributed by atoms with E-state index in [4.69, 9.17) is 0 Å². The number of nitrogens with one attached hydrogen (secondary N) is 1. The zero-order valence-electron chi connectivity index (χ0n) is 11.4. The third-order valence-corrected chi connectivity index (χ3v) is 3.42. The summed E-state index contributed by atoms with van der Waals surface area (Å²) < 4.78 is 0. The van der Waals surface area contributed by atoms with Gasteiger partial charge in [0, 0.05) is 26.1 Å². The van der Waals surface area contributed by atoms with Crippen LogP contribution in [-0.2, 0) is 9.59 Å². The summed E-state index contributed by atoms with van der Waals surface area (Å²) in [6.07, 6.45) is 0.734. The van der Waals surface area contributed by atoms with Gasteiger partial charge < -0.3 is 10.2 Å². The second kappa shape index (κ2) is 6.20. The number of hydrogen-bond acceptors (Lipinski definition) is 3. The number of nitrogens with zero attached hydrogens (tertiary/aromatic N) is 2. The molecular formula is C15H17N3O2. The van der Waals surface area contributed by atoms with E-state index >= 15 is 0 Å².